The molecule has 1 amide bonds. The van der Waals surface area contributed by atoms with Crippen molar-refractivity contribution in [2.45, 2.75) is 51.1 Å². The monoisotopic (exact) mass is 409 g/mol. The molecule has 1 atom stereocenters. The van der Waals surface area contributed by atoms with Gasteiger partial charge in [0, 0.05) is 12.1 Å². The number of ether oxygens (including phenoxy) is 2. The Labute approximate surface area is 165 Å². The summed E-state index contributed by atoms with van der Waals surface area (Å²) in [6, 6.07) is 7.04. The molecule has 0 spiro atoms. The van der Waals surface area contributed by atoms with Crippen molar-refractivity contribution in [3.05, 3.63) is 29.8 Å². The molecule has 0 radical (unpaired) electrons. The highest BCUT2D eigenvalue weighted by molar-refractivity contribution is 7.91. The van der Waals surface area contributed by atoms with E-state index in [9.17, 15) is 18.0 Å². The first-order valence-electron chi connectivity index (χ1n) is 9.71. The van der Waals surface area contributed by atoms with Crippen LogP contribution in [0.2, 0.25) is 0 Å². The normalized spacial score (nSPS) is 21.4. The van der Waals surface area contributed by atoms with E-state index in [-0.39, 0.29) is 42.7 Å². The maximum atomic E-state index is 12.8. The molecule has 0 aromatic heterocycles. The number of esters is 1. The summed E-state index contributed by atoms with van der Waals surface area (Å²) in [4.78, 5) is 26.4. The van der Waals surface area contributed by atoms with E-state index in [2.05, 4.69) is 0 Å². The van der Waals surface area contributed by atoms with Gasteiger partial charge < -0.3 is 14.4 Å². The van der Waals surface area contributed by atoms with Crippen molar-refractivity contribution in [2.24, 2.45) is 0 Å². The number of carbonyl (C=O) groups is 2. The lowest BCUT2D eigenvalue weighted by molar-refractivity contribution is -0.155. The minimum absolute atomic E-state index is 0.000415. The van der Waals surface area contributed by atoms with Gasteiger partial charge in [-0.05, 0) is 37.8 Å². The Morgan fingerprint density at radius 3 is 2.43 bits per heavy atom. The largest absolute Gasteiger partial charge is 0.482 e. The molecule has 1 saturated heterocycles. The second-order valence-electron chi connectivity index (χ2n) is 7.51. The van der Waals surface area contributed by atoms with Crippen LogP contribution in [-0.2, 0) is 24.2 Å². The molecule has 7 nitrogen and oxygen atoms in total. The zero-order chi connectivity index (χ0) is 20.1. The molecule has 2 fully saturated rings. The molecule has 1 heterocycles. The highest BCUT2D eigenvalue weighted by Gasteiger charge is 2.39. The molecule has 8 heteroatoms. The molecule has 154 valence electrons. The minimum Gasteiger partial charge on any atom is -0.482 e. The molecule has 0 N–H and O–H groups in total. The zero-order valence-corrected chi connectivity index (χ0v) is 16.9. The summed E-state index contributed by atoms with van der Waals surface area (Å²) in [6.07, 6.45) is 4.24. The molecule has 1 aromatic carbocycles. The van der Waals surface area contributed by atoms with E-state index >= 15 is 0 Å². The van der Waals surface area contributed by atoms with E-state index in [0.717, 1.165) is 31.2 Å². The Hall–Kier alpha value is -2.09. The average Bonchev–Trinajstić information content (AvgIpc) is 3.29. The van der Waals surface area contributed by atoms with E-state index in [1.807, 2.05) is 25.1 Å². The third-order valence-electron chi connectivity index (χ3n) is 5.40. The highest BCUT2D eigenvalue weighted by Crippen LogP contribution is 2.29. The van der Waals surface area contributed by atoms with E-state index in [0.29, 0.717) is 12.2 Å². The Morgan fingerprint density at radius 2 is 1.79 bits per heavy atom. The summed E-state index contributed by atoms with van der Waals surface area (Å²) in [7, 11) is -3.10. The van der Waals surface area contributed by atoms with Gasteiger partial charge in [0.2, 0.25) is 0 Å². The van der Waals surface area contributed by atoms with E-state index in [1.165, 1.54) is 0 Å². The highest BCUT2D eigenvalue weighted by atomic mass is 32.2. The van der Waals surface area contributed by atoms with Crippen LogP contribution in [-0.4, -0.2) is 62.0 Å². The van der Waals surface area contributed by atoms with Gasteiger partial charge >= 0.3 is 5.97 Å². The summed E-state index contributed by atoms with van der Waals surface area (Å²) in [5.41, 5.74) is 0.904. The van der Waals surface area contributed by atoms with Crippen molar-refractivity contribution in [1.29, 1.82) is 0 Å². The van der Waals surface area contributed by atoms with E-state index in [4.69, 9.17) is 9.47 Å². The number of hydrogen-bond donors (Lipinski definition) is 0. The molecule has 3 rings (SSSR count). The van der Waals surface area contributed by atoms with Crippen molar-refractivity contribution in [2.75, 3.05) is 24.7 Å². The first-order chi connectivity index (χ1) is 13.4. The van der Waals surface area contributed by atoms with Crippen LogP contribution >= 0.6 is 0 Å². The fourth-order valence-corrected chi connectivity index (χ4v) is 5.71. The Kier molecular flexibility index (Phi) is 6.59. The lowest BCUT2D eigenvalue weighted by Gasteiger charge is -2.33. The van der Waals surface area contributed by atoms with Gasteiger partial charge in [0.25, 0.3) is 5.91 Å². The van der Waals surface area contributed by atoms with Crippen LogP contribution in [0.5, 0.6) is 5.75 Å². The first kappa shape index (κ1) is 20.6. The Balaban J connectivity index is 1.54. The van der Waals surface area contributed by atoms with Gasteiger partial charge in [-0.25, -0.2) is 13.2 Å². The minimum atomic E-state index is -3.10. The number of rotatable bonds is 7. The maximum absolute atomic E-state index is 12.8. The van der Waals surface area contributed by atoms with Crippen LogP contribution in [0.4, 0.5) is 0 Å². The van der Waals surface area contributed by atoms with Crippen LogP contribution in [0.1, 0.15) is 37.7 Å². The molecule has 1 saturated carbocycles. The molecular formula is C20H27NO6S. The zero-order valence-electron chi connectivity index (χ0n) is 16.1. The van der Waals surface area contributed by atoms with Crippen LogP contribution in [0, 0.1) is 6.92 Å². The quantitative estimate of drug-likeness (QED) is 0.639. The van der Waals surface area contributed by atoms with Crippen molar-refractivity contribution in [3.63, 3.8) is 0 Å². The Bertz CT molecular complexity index is 816. The van der Waals surface area contributed by atoms with Gasteiger partial charge in [-0.15, -0.1) is 0 Å². The number of nitrogens with zero attached hydrogens (tertiary/aromatic N) is 1. The van der Waals surface area contributed by atoms with Gasteiger partial charge in [-0.1, -0.05) is 31.0 Å². The fraction of sp³-hybridized carbons (Fsp3) is 0.600. The molecule has 0 bridgehead atoms. The predicted octanol–water partition coefficient (Wildman–Crippen LogP) is 1.88. The van der Waals surface area contributed by atoms with Gasteiger partial charge in [0.05, 0.1) is 11.5 Å². The summed E-state index contributed by atoms with van der Waals surface area (Å²) in [5.74, 6) is -0.243. The lowest BCUT2D eigenvalue weighted by atomic mass is 10.1. The summed E-state index contributed by atoms with van der Waals surface area (Å²) < 4.78 is 34.3. The van der Waals surface area contributed by atoms with Gasteiger partial charge in [-0.2, -0.15) is 0 Å². The van der Waals surface area contributed by atoms with Crippen LogP contribution in [0.15, 0.2) is 24.3 Å². The van der Waals surface area contributed by atoms with Crippen LogP contribution in [0.3, 0.4) is 0 Å². The number of benzene rings is 1. The number of amides is 1. The molecule has 2 aliphatic rings. The average molecular weight is 410 g/mol. The van der Waals surface area contributed by atoms with Crippen molar-refractivity contribution in [3.8, 4) is 5.75 Å². The number of carbonyl (C=O) groups excluding carboxylic acids is 2. The Morgan fingerprint density at radius 1 is 1.07 bits per heavy atom. The standard InChI is InChI=1S/C20H27NO6S/c1-15-6-2-5-9-18(15)26-13-20(23)27-12-19(22)21(16-7-3-4-8-16)17-10-11-28(24,25)14-17/h2,5-6,9,16-17H,3-4,7-8,10-14H2,1H3. The van der Waals surface area contributed by atoms with Gasteiger partial charge in [0.1, 0.15) is 5.75 Å². The molecule has 1 aliphatic heterocycles. The summed E-state index contributed by atoms with van der Waals surface area (Å²) in [6.45, 7) is 1.21. The predicted molar refractivity (Wildman–Crippen MR) is 104 cm³/mol. The number of aryl methyl sites for hydroxylation is 1. The summed E-state index contributed by atoms with van der Waals surface area (Å²) >= 11 is 0. The maximum Gasteiger partial charge on any atom is 0.344 e. The lowest BCUT2D eigenvalue weighted by Crippen LogP contribution is -2.48. The van der Waals surface area contributed by atoms with Crippen molar-refractivity contribution < 1.29 is 27.5 Å². The molecule has 1 unspecified atom stereocenters. The number of sulfone groups is 1. The number of hydrogen-bond acceptors (Lipinski definition) is 6. The van der Waals surface area contributed by atoms with Gasteiger partial charge in [-0.3, -0.25) is 4.79 Å². The third kappa shape index (κ3) is 5.25. The van der Waals surface area contributed by atoms with E-state index < -0.39 is 15.8 Å². The first-order valence-corrected chi connectivity index (χ1v) is 11.5. The van der Waals surface area contributed by atoms with Crippen molar-refractivity contribution in [1.82, 2.24) is 4.90 Å². The van der Waals surface area contributed by atoms with Crippen LogP contribution < -0.4 is 4.74 Å². The fourth-order valence-electron chi connectivity index (χ4n) is 4.00. The van der Waals surface area contributed by atoms with Crippen molar-refractivity contribution >= 4 is 21.7 Å². The van der Waals surface area contributed by atoms with E-state index in [1.54, 1.807) is 11.0 Å². The molecule has 1 aliphatic carbocycles. The second kappa shape index (κ2) is 8.94. The van der Waals surface area contributed by atoms with Crippen LogP contribution in [0.25, 0.3) is 0 Å². The second-order valence-corrected chi connectivity index (χ2v) is 9.74. The third-order valence-corrected chi connectivity index (χ3v) is 7.15. The SMILES string of the molecule is Cc1ccccc1OCC(=O)OCC(=O)N(C1CCCC1)C1CCS(=O)(=O)C1. The summed E-state index contributed by atoms with van der Waals surface area (Å²) in [5, 5.41) is 0. The molecule has 28 heavy (non-hydrogen) atoms. The molecule has 1 aromatic rings. The molecular weight excluding hydrogens is 382 g/mol. The number of para-hydroxylation sites is 1. The topological polar surface area (TPSA) is 90.0 Å². The smallest absolute Gasteiger partial charge is 0.344 e. The van der Waals surface area contributed by atoms with Gasteiger partial charge in [0.15, 0.2) is 23.1 Å².